The smallest absolute Gasteiger partial charge is 0.385 e. The van der Waals surface area contributed by atoms with Crippen LogP contribution in [0.2, 0.25) is 0 Å². The number of ether oxygens (including phenoxy) is 1. The molecule has 0 aromatic heterocycles. The normalized spacial score (nSPS) is 9.80. The monoisotopic (exact) mass is 271 g/mol. The molecule has 0 bridgehead atoms. The van der Waals surface area contributed by atoms with Crippen LogP contribution in [0.1, 0.15) is 10.4 Å². The molecule has 0 amide bonds. The largest absolute Gasteiger partial charge is 0.421 e. The predicted molar refractivity (Wildman–Crippen MR) is 69.5 cm³/mol. The molecule has 0 aliphatic rings. The standard InChI is InChI=1S/C14H9NO5/c16-13(10-4-2-1-3-5-10)14(17)20-12-8-6-11(7-9-12)15(18)19/h1-9H. The Hall–Kier alpha value is -3.02. The summed E-state index contributed by atoms with van der Waals surface area (Å²) in [6.45, 7) is 0. The first kappa shape index (κ1) is 13.4. The summed E-state index contributed by atoms with van der Waals surface area (Å²) in [7, 11) is 0. The molecule has 2 aromatic carbocycles. The van der Waals surface area contributed by atoms with Gasteiger partial charge in [-0.05, 0) is 12.1 Å². The molecule has 2 aromatic rings. The number of Topliss-reactive ketones (excluding diaryl/α,β-unsaturated/α-hetero) is 1. The molecule has 0 radical (unpaired) electrons. The maximum absolute atomic E-state index is 11.7. The molecule has 0 spiro atoms. The molecule has 0 saturated carbocycles. The highest BCUT2D eigenvalue weighted by atomic mass is 16.6. The highest BCUT2D eigenvalue weighted by molar-refractivity contribution is 6.41. The first-order valence-electron chi connectivity index (χ1n) is 5.64. The molecule has 0 unspecified atom stereocenters. The minimum atomic E-state index is -1.04. The second-order valence-electron chi connectivity index (χ2n) is 3.84. The van der Waals surface area contributed by atoms with Crippen molar-refractivity contribution in [1.29, 1.82) is 0 Å². The Kier molecular flexibility index (Phi) is 3.85. The molecule has 0 aliphatic carbocycles. The van der Waals surface area contributed by atoms with Gasteiger partial charge in [0, 0.05) is 17.7 Å². The predicted octanol–water partition coefficient (Wildman–Crippen LogP) is 2.38. The number of benzene rings is 2. The van der Waals surface area contributed by atoms with Crippen LogP contribution >= 0.6 is 0 Å². The topological polar surface area (TPSA) is 86.5 Å². The zero-order chi connectivity index (χ0) is 14.5. The number of nitro groups is 1. The maximum Gasteiger partial charge on any atom is 0.385 e. The van der Waals surface area contributed by atoms with Crippen LogP contribution in [0.15, 0.2) is 54.6 Å². The first-order chi connectivity index (χ1) is 9.58. The Bertz CT molecular complexity index is 649. The summed E-state index contributed by atoms with van der Waals surface area (Å²) in [5.41, 5.74) is 0.0959. The summed E-state index contributed by atoms with van der Waals surface area (Å²) in [6, 6.07) is 12.9. The molecular weight excluding hydrogens is 262 g/mol. The van der Waals surface area contributed by atoms with E-state index in [1.165, 1.54) is 36.4 Å². The zero-order valence-corrected chi connectivity index (χ0v) is 10.2. The SMILES string of the molecule is O=C(Oc1ccc([N+](=O)[O-])cc1)C(=O)c1ccccc1. The van der Waals surface area contributed by atoms with E-state index < -0.39 is 16.7 Å². The molecule has 100 valence electrons. The lowest BCUT2D eigenvalue weighted by molar-refractivity contribution is -0.384. The summed E-state index contributed by atoms with van der Waals surface area (Å²) in [6.07, 6.45) is 0. The zero-order valence-electron chi connectivity index (χ0n) is 10.2. The summed E-state index contributed by atoms with van der Waals surface area (Å²) >= 11 is 0. The lowest BCUT2D eigenvalue weighted by Gasteiger charge is -2.03. The number of carbonyl (C=O) groups is 2. The minimum Gasteiger partial charge on any atom is -0.421 e. The third kappa shape index (κ3) is 3.05. The minimum absolute atomic E-state index is 0.0740. The van der Waals surface area contributed by atoms with Crippen molar-refractivity contribution in [2.45, 2.75) is 0 Å². The van der Waals surface area contributed by atoms with Crippen molar-refractivity contribution in [1.82, 2.24) is 0 Å². The van der Waals surface area contributed by atoms with Crippen molar-refractivity contribution < 1.29 is 19.2 Å². The Morgan fingerprint density at radius 3 is 2.10 bits per heavy atom. The quantitative estimate of drug-likeness (QED) is 0.213. The molecule has 0 atom stereocenters. The van der Waals surface area contributed by atoms with Crippen LogP contribution in [0.25, 0.3) is 0 Å². The molecule has 6 nitrogen and oxygen atoms in total. The second kappa shape index (κ2) is 5.75. The molecule has 0 heterocycles. The van der Waals surface area contributed by atoms with Gasteiger partial charge in [-0.15, -0.1) is 0 Å². The van der Waals surface area contributed by atoms with E-state index in [1.807, 2.05) is 0 Å². The van der Waals surface area contributed by atoms with E-state index in [4.69, 9.17) is 4.74 Å². The van der Waals surface area contributed by atoms with Gasteiger partial charge in [0.15, 0.2) is 0 Å². The van der Waals surface area contributed by atoms with E-state index in [-0.39, 0.29) is 17.0 Å². The summed E-state index contributed by atoms with van der Waals surface area (Å²) in [5, 5.41) is 10.5. The lowest BCUT2D eigenvalue weighted by Crippen LogP contribution is -2.20. The Balaban J connectivity index is 2.08. The van der Waals surface area contributed by atoms with Crippen LogP contribution < -0.4 is 4.74 Å². The summed E-state index contributed by atoms with van der Waals surface area (Å²) in [5.74, 6) is -1.74. The molecule has 0 fully saturated rings. The van der Waals surface area contributed by atoms with Gasteiger partial charge in [-0.2, -0.15) is 0 Å². The number of nitro benzene ring substituents is 1. The number of rotatable bonds is 4. The van der Waals surface area contributed by atoms with Crippen LogP contribution in [0.3, 0.4) is 0 Å². The van der Waals surface area contributed by atoms with Crippen LogP contribution in [0.4, 0.5) is 5.69 Å². The van der Waals surface area contributed by atoms with Gasteiger partial charge in [-0.3, -0.25) is 14.9 Å². The fraction of sp³-hybridized carbons (Fsp3) is 0. The van der Waals surface area contributed by atoms with Crippen molar-refractivity contribution in [2.24, 2.45) is 0 Å². The number of nitrogens with zero attached hydrogens (tertiary/aromatic N) is 1. The van der Waals surface area contributed by atoms with Gasteiger partial charge in [0.25, 0.3) is 11.5 Å². The average Bonchev–Trinajstić information content (AvgIpc) is 2.48. The third-order valence-corrected chi connectivity index (χ3v) is 2.48. The van der Waals surface area contributed by atoms with E-state index in [0.29, 0.717) is 0 Å². The first-order valence-corrected chi connectivity index (χ1v) is 5.64. The van der Waals surface area contributed by atoms with Gasteiger partial charge in [0.1, 0.15) is 5.75 Å². The second-order valence-corrected chi connectivity index (χ2v) is 3.84. The van der Waals surface area contributed by atoms with Crippen LogP contribution in [-0.2, 0) is 4.79 Å². The lowest BCUT2D eigenvalue weighted by atomic mass is 10.1. The number of carbonyl (C=O) groups excluding carboxylic acids is 2. The van der Waals surface area contributed by atoms with Gasteiger partial charge in [0.2, 0.25) is 0 Å². The molecule has 0 saturated heterocycles. The van der Waals surface area contributed by atoms with Crippen LogP contribution in [0.5, 0.6) is 5.75 Å². The average molecular weight is 271 g/mol. The van der Waals surface area contributed by atoms with Crippen molar-refractivity contribution >= 4 is 17.4 Å². The molecular formula is C14H9NO5. The van der Waals surface area contributed by atoms with Gasteiger partial charge >= 0.3 is 5.97 Å². The van der Waals surface area contributed by atoms with Crippen molar-refractivity contribution in [3.05, 3.63) is 70.3 Å². The number of esters is 1. The Morgan fingerprint density at radius 2 is 1.55 bits per heavy atom. The van der Waals surface area contributed by atoms with Crippen molar-refractivity contribution in [3.63, 3.8) is 0 Å². The molecule has 6 heteroatoms. The van der Waals surface area contributed by atoms with Gasteiger partial charge in [0.05, 0.1) is 4.92 Å². The highest BCUT2D eigenvalue weighted by Gasteiger charge is 2.18. The van der Waals surface area contributed by atoms with Crippen LogP contribution in [0, 0.1) is 10.1 Å². The number of hydrogen-bond acceptors (Lipinski definition) is 5. The van der Waals surface area contributed by atoms with Crippen LogP contribution in [-0.4, -0.2) is 16.7 Å². The fourth-order valence-corrected chi connectivity index (χ4v) is 1.50. The summed E-state index contributed by atoms with van der Waals surface area (Å²) < 4.78 is 4.85. The van der Waals surface area contributed by atoms with Gasteiger partial charge in [-0.1, -0.05) is 30.3 Å². The van der Waals surface area contributed by atoms with E-state index in [1.54, 1.807) is 18.2 Å². The van der Waals surface area contributed by atoms with E-state index in [9.17, 15) is 19.7 Å². The number of hydrogen-bond donors (Lipinski definition) is 0. The molecule has 20 heavy (non-hydrogen) atoms. The van der Waals surface area contributed by atoms with Gasteiger partial charge < -0.3 is 4.74 Å². The van der Waals surface area contributed by atoms with E-state index in [0.717, 1.165) is 0 Å². The molecule has 2 rings (SSSR count). The van der Waals surface area contributed by atoms with E-state index >= 15 is 0 Å². The van der Waals surface area contributed by atoms with E-state index in [2.05, 4.69) is 0 Å². The Labute approximate surface area is 113 Å². The van der Waals surface area contributed by atoms with Crippen molar-refractivity contribution in [2.75, 3.05) is 0 Å². The maximum atomic E-state index is 11.7. The third-order valence-electron chi connectivity index (χ3n) is 2.48. The highest BCUT2D eigenvalue weighted by Crippen LogP contribution is 2.17. The van der Waals surface area contributed by atoms with Gasteiger partial charge in [-0.25, -0.2) is 4.79 Å². The fourth-order valence-electron chi connectivity index (χ4n) is 1.50. The summed E-state index contributed by atoms with van der Waals surface area (Å²) in [4.78, 5) is 33.3. The number of non-ortho nitro benzene ring substituents is 1. The van der Waals surface area contributed by atoms with Crippen molar-refractivity contribution in [3.8, 4) is 5.75 Å². The number of ketones is 1. The Morgan fingerprint density at radius 1 is 0.950 bits per heavy atom. The molecule has 0 aliphatic heterocycles. The molecule has 0 N–H and O–H groups in total.